The molecule has 0 atom stereocenters. The van der Waals surface area contributed by atoms with Gasteiger partial charge < -0.3 is 0 Å². The van der Waals surface area contributed by atoms with Gasteiger partial charge in [-0.25, -0.2) is 12.8 Å². The summed E-state index contributed by atoms with van der Waals surface area (Å²) in [7, 11) is -3.69. The van der Waals surface area contributed by atoms with Crippen molar-refractivity contribution in [3.8, 4) is 0 Å². The van der Waals surface area contributed by atoms with E-state index in [2.05, 4.69) is 4.72 Å². The monoisotopic (exact) mass is 293 g/mol. The second-order valence-electron chi connectivity index (χ2n) is 4.84. The topological polar surface area (TPSA) is 46.2 Å². The molecule has 0 aliphatic rings. The fraction of sp³-hybridized carbons (Fsp3) is 0.200. The van der Waals surface area contributed by atoms with Crippen LogP contribution < -0.4 is 4.72 Å². The molecule has 5 heteroatoms. The first-order valence-corrected chi connectivity index (χ1v) is 7.75. The Kier molecular flexibility index (Phi) is 4.09. The summed E-state index contributed by atoms with van der Waals surface area (Å²) >= 11 is 0. The molecule has 0 saturated heterocycles. The lowest BCUT2D eigenvalue weighted by molar-refractivity contribution is 0.599. The first kappa shape index (κ1) is 14.5. The number of benzene rings is 2. The summed E-state index contributed by atoms with van der Waals surface area (Å²) in [6, 6.07) is 12.0. The van der Waals surface area contributed by atoms with Gasteiger partial charge in [0.15, 0.2) is 0 Å². The first-order chi connectivity index (χ1) is 9.38. The zero-order chi connectivity index (χ0) is 14.8. The molecule has 106 valence electrons. The van der Waals surface area contributed by atoms with Gasteiger partial charge >= 0.3 is 0 Å². The van der Waals surface area contributed by atoms with Gasteiger partial charge in [-0.3, -0.25) is 4.72 Å². The molecule has 2 rings (SSSR count). The minimum atomic E-state index is -3.69. The molecule has 0 radical (unpaired) electrons. The van der Waals surface area contributed by atoms with Gasteiger partial charge in [-0.05, 0) is 47.9 Å². The summed E-state index contributed by atoms with van der Waals surface area (Å²) in [6.07, 6.45) is 0. The van der Waals surface area contributed by atoms with Crippen molar-refractivity contribution in [3.63, 3.8) is 0 Å². The second-order valence-corrected chi connectivity index (χ2v) is 6.52. The summed E-state index contributed by atoms with van der Waals surface area (Å²) in [5.74, 6) is -0.156. The standard InChI is InChI=1S/C15H16FNO2S/c1-11(2)12-4-3-5-14(10-12)17-20(18,19)15-8-6-13(16)7-9-15/h3-11,17H,1-2H3. The number of rotatable bonds is 4. The Labute approximate surface area is 118 Å². The molecular formula is C15H16FNO2S. The molecule has 3 nitrogen and oxygen atoms in total. The van der Waals surface area contributed by atoms with E-state index in [0.717, 1.165) is 17.7 Å². The first-order valence-electron chi connectivity index (χ1n) is 6.27. The number of hydrogen-bond donors (Lipinski definition) is 1. The van der Waals surface area contributed by atoms with E-state index in [0.29, 0.717) is 11.6 Å². The van der Waals surface area contributed by atoms with E-state index in [1.807, 2.05) is 19.9 Å². The Morgan fingerprint density at radius 1 is 1.05 bits per heavy atom. The number of halogens is 1. The molecule has 2 aromatic rings. The smallest absolute Gasteiger partial charge is 0.261 e. The number of sulfonamides is 1. The van der Waals surface area contributed by atoms with Crippen molar-refractivity contribution < 1.29 is 12.8 Å². The normalized spacial score (nSPS) is 11.6. The van der Waals surface area contributed by atoms with Gasteiger partial charge in [0.05, 0.1) is 4.90 Å². The molecule has 1 N–H and O–H groups in total. The molecule has 2 aromatic carbocycles. The van der Waals surface area contributed by atoms with Crippen molar-refractivity contribution in [1.29, 1.82) is 0 Å². The molecule has 0 bridgehead atoms. The molecular weight excluding hydrogens is 277 g/mol. The van der Waals surface area contributed by atoms with E-state index in [1.54, 1.807) is 18.2 Å². The molecule has 0 unspecified atom stereocenters. The Morgan fingerprint density at radius 2 is 1.70 bits per heavy atom. The molecule has 0 amide bonds. The minimum absolute atomic E-state index is 0.0360. The fourth-order valence-corrected chi connectivity index (χ4v) is 2.84. The Balaban J connectivity index is 2.28. The highest BCUT2D eigenvalue weighted by Gasteiger charge is 2.14. The largest absolute Gasteiger partial charge is 0.280 e. The van der Waals surface area contributed by atoms with Gasteiger partial charge in [-0.2, -0.15) is 0 Å². The van der Waals surface area contributed by atoms with Crippen LogP contribution in [0.2, 0.25) is 0 Å². The minimum Gasteiger partial charge on any atom is -0.280 e. The average Bonchev–Trinajstić information content (AvgIpc) is 2.39. The van der Waals surface area contributed by atoms with E-state index in [1.165, 1.54) is 12.1 Å². The van der Waals surface area contributed by atoms with Crippen molar-refractivity contribution in [2.45, 2.75) is 24.7 Å². The van der Waals surface area contributed by atoms with Crippen molar-refractivity contribution in [3.05, 3.63) is 59.9 Å². The number of nitrogens with one attached hydrogen (secondary N) is 1. The van der Waals surface area contributed by atoms with Crippen molar-refractivity contribution in [2.75, 3.05) is 4.72 Å². The van der Waals surface area contributed by atoms with Crippen LogP contribution in [0.3, 0.4) is 0 Å². The number of anilines is 1. The van der Waals surface area contributed by atoms with Crippen LogP contribution in [0.4, 0.5) is 10.1 Å². The molecule has 0 aliphatic carbocycles. The Bertz CT molecular complexity index is 694. The van der Waals surface area contributed by atoms with Gasteiger partial charge in [0.25, 0.3) is 10.0 Å². The summed E-state index contributed by atoms with van der Waals surface area (Å²) in [4.78, 5) is 0.0360. The predicted octanol–water partition coefficient (Wildman–Crippen LogP) is 3.75. The molecule has 20 heavy (non-hydrogen) atoms. The second kappa shape index (κ2) is 5.63. The van der Waals surface area contributed by atoms with Gasteiger partial charge in [0.1, 0.15) is 5.82 Å². The van der Waals surface area contributed by atoms with Crippen molar-refractivity contribution in [1.82, 2.24) is 0 Å². The van der Waals surface area contributed by atoms with Crippen LogP contribution in [0.25, 0.3) is 0 Å². The zero-order valence-corrected chi connectivity index (χ0v) is 12.1. The van der Waals surface area contributed by atoms with Crippen molar-refractivity contribution >= 4 is 15.7 Å². The summed E-state index contributed by atoms with van der Waals surface area (Å²) in [5.41, 5.74) is 1.55. The summed E-state index contributed by atoms with van der Waals surface area (Å²) in [5, 5.41) is 0. The van der Waals surface area contributed by atoms with E-state index in [4.69, 9.17) is 0 Å². The van der Waals surface area contributed by atoms with E-state index < -0.39 is 15.8 Å². The van der Waals surface area contributed by atoms with Crippen LogP contribution in [0.1, 0.15) is 25.3 Å². The van der Waals surface area contributed by atoms with Gasteiger partial charge in [-0.1, -0.05) is 26.0 Å². The van der Waals surface area contributed by atoms with Crippen LogP contribution in [0.5, 0.6) is 0 Å². The highest BCUT2D eigenvalue weighted by Crippen LogP contribution is 2.21. The zero-order valence-electron chi connectivity index (χ0n) is 11.3. The van der Waals surface area contributed by atoms with Crippen LogP contribution >= 0.6 is 0 Å². The maximum absolute atomic E-state index is 12.8. The van der Waals surface area contributed by atoms with E-state index in [-0.39, 0.29) is 4.90 Å². The fourth-order valence-electron chi connectivity index (χ4n) is 1.79. The maximum Gasteiger partial charge on any atom is 0.261 e. The highest BCUT2D eigenvalue weighted by molar-refractivity contribution is 7.92. The van der Waals surface area contributed by atoms with Crippen LogP contribution in [-0.4, -0.2) is 8.42 Å². The summed E-state index contributed by atoms with van der Waals surface area (Å²) < 4.78 is 39.6. The highest BCUT2D eigenvalue weighted by atomic mass is 32.2. The lowest BCUT2D eigenvalue weighted by Gasteiger charge is -2.11. The van der Waals surface area contributed by atoms with Gasteiger partial charge in [-0.15, -0.1) is 0 Å². The number of hydrogen-bond acceptors (Lipinski definition) is 2. The molecule has 0 fully saturated rings. The molecule has 0 aromatic heterocycles. The lowest BCUT2D eigenvalue weighted by Crippen LogP contribution is -2.13. The van der Waals surface area contributed by atoms with Crippen LogP contribution in [0, 0.1) is 5.82 Å². The van der Waals surface area contributed by atoms with Gasteiger partial charge in [0, 0.05) is 5.69 Å². The quantitative estimate of drug-likeness (QED) is 0.933. The Morgan fingerprint density at radius 3 is 2.30 bits per heavy atom. The summed E-state index contributed by atoms with van der Waals surface area (Å²) in [6.45, 7) is 4.07. The third-order valence-corrected chi connectivity index (χ3v) is 4.33. The van der Waals surface area contributed by atoms with Gasteiger partial charge in [0.2, 0.25) is 0 Å². The maximum atomic E-state index is 12.8. The SMILES string of the molecule is CC(C)c1cccc(NS(=O)(=O)c2ccc(F)cc2)c1. The third kappa shape index (κ3) is 3.36. The Hall–Kier alpha value is -1.88. The molecule has 0 saturated carbocycles. The molecule has 0 heterocycles. The van der Waals surface area contributed by atoms with Crippen LogP contribution in [0.15, 0.2) is 53.4 Å². The average molecular weight is 293 g/mol. The third-order valence-electron chi connectivity index (χ3n) is 2.93. The van der Waals surface area contributed by atoms with E-state index in [9.17, 15) is 12.8 Å². The molecule has 0 aliphatic heterocycles. The van der Waals surface area contributed by atoms with Crippen molar-refractivity contribution in [2.24, 2.45) is 0 Å². The van der Waals surface area contributed by atoms with E-state index >= 15 is 0 Å². The molecule has 0 spiro atoms. The predicted molar refractivity (Wildman–Crippen MR) is 77.7 cm³/mol. The lowest BCUT2D eigenvalue weighted by atomic mass is 10.0. The van der Waals surface area contributed by atoms with Crippen LogP contribution in [-0.2, 0) is 10.0 Å².